The van der Waals surface area contributed by atoms with Gasteiger partial charge in [0.25, 0.3) is 0 Å². The summed E-state index contributed by atoms with van der Waals surface area (Å²) in [5.41, 5.74) is 3.84. The van der Waals surface area contributed by atoms with Crippen LogP contribution in [0.25, 0.3) is 0 Å². The van der Waals surface area contributed by atoms with E-state index in [1.165, 1.54) is 12.7 Å². The van der Waals surface area contributed by atoms with Crippen LogP contribution in [-0.2, 0) is 31.3 Å². The summed E-state index contributed by atoms with van der Waals surface area (Å²) in [6, 6.07) is 7.48. The van der Waals surface area contributed by atoms with Gasteiger partial charge in [-0.05, 0) is 18.1 Å². The van der Waals surface area contributed by atoms with Crippen molar-refractivity contribution >= 4 is 5.97 Å². The van der Waals surface area contributed by atoms with Gasteiger partial charge in [0, 0.05) is 31.9 Å². The van der Waals surface area contributed by atoms with Crippen molar-refractivity contribution in [2.45, 2.75) is 26.4 Å². The van der Waals surface area contributed by atoms with E-state index < -0.39 is 0 Å². The average Bonchev–Trinajstić information content (AvgIpc) is 2.87. The number of ether oxygens (including phenoxy) is 1. The smallest absolute Gasteiger partial charge is 0.338 e. The second kappa shape index (κ2) is 7.04. The highest BCUT2D eigenvalue weighted by Crippen LogP contribution is 2.11. The van der Waals surface area contributed by atoms with Crippen molar-refractivity contribution in [3.05, 3.63) is 52.8 Å². The van der Waals surface area contributed by atoms with Crippen molar-refractivity contribution in [1.82, 2.24) is 15.1 Å². The lowest BCUT2D eigenvalue weighted by Gasteiger charge is -2.09. The van der Waals surface area contributed by atoms with Gasteiger partial charge in [-0.25, -0.2) is 4.79 Å². The number of hydrogen-bond acceptors (Lipinski definition) is 4. The minimum Gasteiger partial charge on any atom is -0.465 e. The van der Waals surface area contributed by atoms with E-state index in [9.17, 15) is 4.79 Å². The van der Waals surface area contributed by atoms with Gasteiger partial charge >= 0.3 is 5.97 Å². The molecule has 1 heterocycles. The van der Waals surface area contributed by atoms with Crippen LogP contribution in [0.3, 0.4) is 0 Å². The molecule has 0 radical (unpaired) electrons. The Morgan fingerprint density at radius 3 is 2.71 bits per heavy atom. The molecule has 2 rings (SSSR count). The van der Waals surface area contributed by atoms with Gasteiger partial charge in [0.1, 0.15) is 0 Å². The molecule has 112 valence electrons. The molecule has 0 unspecified atom stereocenters. The highest BCUT2D eigenvalue weighted by Gasteiger charge is 2.11. The quantitative estimate of drug-likeness (QED) is 0.826. The molecule has 0 spiro atoms. The van der Waals surface area contributed by atoms with Crippen LogP contribution < -0.4 is 5.32 Å². The second-order valence-corrected chi connectivity index (χ2v) is 4.88. The van der Waals surface area contributed by atoms with E-state index in [0.717, 1.165) is 24.2 Å². The Morgan fingerprint density at radius 2 is 2.00 bits per heavy atom. The zero-order chi connectivity index (χ0) is 15.2. The van der Waals surface area contributed by atoms with Gasteiger partial charge in [0.2, 0.25) is 0 Å². The molecule has 1 aromatic heterocycles. The Morgan fingerprint density at radius 1 is 1.29 bits per heavy atom. The summed E-state index contributed by atoms with van der Waals surface area (Å²) in [7, 11) is 3.32. The standard InChI is InChI=1S/C16H21N3O2/c1-4-15-13(11-19(2)18-15)10-17-9-12-7-5-6-8-14(12)16(20)21-3/h5-8,11,17H,4,9-10H2,1-3H3. The van der Waals surface area contributed by atoms with Crippen molar-refractivity contribution in [1.29, 1.82) is 0 Å². The van der Waals surface area contributed by atoms with Gasteiger partial charge in [-0.2, -0.15) is 5.10 Å². The Bertz CT molecular complexity index is 620. The first kappa shape index (κ1) is 15.3. The van der Waals surface area contributed by atoms with Crippen LogP contribution in [-0.4, -0.2) is 22.9 Å². The number of esters is 1. The molecule has 0 atom stereocenters. The van der Waals surface area contributed by atoms with E-state index in [4.69, 9.17) is 4.74 Å². The molecule has 21 heavy (non-hydrogen) atoms. The number of nitrogens with zero attached hydrogens (tertiary/aromatic N) is 2. The molecule has 0 aliphatic carbocycles. The number of aromatic nitrogens is 2. The van der Waals surface area contributed by atoms with Crippen LogP contribution in [0.15, 0.2) is 30.5 Å². The van der Waals surface area contributed by atoms with Crippen molar-refractivity contribution < 1.29 is 9.53 Å². The summed E-state index contributed by atoms with van der Waals surface area (Å²) >= 11 is 0. The summed E-state index contributed by atoms with van der Waals surface area (Å²) in [6.07, 6.45) is 2.94. The van der Waals surface area contributed by atoms with E-state index in [1.807, 2.05) is 36.1 Å². The van der Waals surface area contributed by atoms with Crippen LogP contribution in [0, 0.1) is 0 Å². The topological polar surface area (TPSA) is 56.2 Å². The van der Waals surface area contributed by atoms with Crippen molar-refractivity contribution in [3.8, 4) is 0 Å². The number of hydrogen-bond donors (Lipinski definition) is 1. The number of carbonyl (C=O) groups excluding carboxylic acids is 1. The molecule has 5 nitrogen and oxygen atoms in total. The lowest BCUT2D eigenvalue weighted by molar-refractivity contribution is 0.0599. The molecular weight excluding hydrogens is 266 g/mol. The fourth-order valence-corrected chi connectivity index (χ4v) is 2.34. The molecular formula is C16H21N3O2. The molecule has 0 aliphatic rings. The van der Waals surface area contributed by atoms with Gasteiger partial charge in [0.15, 0.2) is 0 Å². The van der Waals surface area contributed by atoms with Crippen molar-refractivity contribution in [2.75, 3.05) is 7.11 Å². The number of rotatable bonds is 6. The first-order valence-electron chi connectivity index (χ1n) is 7.04. The Labute approximate surface area is 124 Å². The summed E-state index contributed by atoms with van der Waals surface area (Å²) in [5, 5.41) is 7.78. The van der Waals surface area contributed by atoms with Gasteiger partial charge in [-0.3, -0.25) is 4.68 Å². The van der Waals surface area contributed by atoms with Gasteiger partial charge in [-0.1, -0.05) is 25.1 Å². The predicted octanol–water partition coefficient (Wildman–Crippen LogP) is 2.06. The Hall–Kier alpha value is -2.14. The number of aryl methyl sites for hydroxylation is 2. The highest BCUT2D eigenvalue weighted by molar-refractivity contribution is 5.90. The largest absolute Gasteiger partial charge is 0.465 e. The van der Waals surface area contributed by atoms with Gasteiger partial charge < -0.3 is 10.1 Å². The third kappa shape index (κ3) is 3.70. The van der Waals surface area contributed by atoms with E-state index in [2.05, 4.69) is 17.3 Å². The Balaban J connectivity index is 2.02. The zero-order valence-corrected chi connectivity index (χ0v) is 12.7. The molecule has 0 amide bonds. The summed E-state index contributed by atoms with van der Waals surface area (Å²) in [6.45, 7) is 3.44. The van der Waals surface area contributed by atoms with Crippen LogP contribution in [0.2, 0.25) is 0 Å². The van der Waals surface area contributed by atoms with E-state index >= 15 is 0 Å². The lowest BCUT2D eigenvalue weighted by atomic mass is 10.1. The third-order valence-corrected chi connectivity index (χ3v) is 3.38. The molecule has 1 N–H and O–H groups in total. The maximum atomic E-state index is 11.7. The van der Waals surface area contributed by atoms with E-state index in [1.54, 1.807) is 6.07 Å². The first-order chi connectivity index (χ1) is 10.2. The zero-order valence-electron chi connectivity index (χ0n) is 12.7. The molecule has 1 aromatic carbocycles. The number of carbonyl (C=O) groups is 1. The number of nitrogens with one attached hydrogen (secondary N) is 1. The Kier molecular flexibility index (Phi) is 5.11. The molecule has 5 heteroatoms. The monoisotopic (exact) mass is 287 g/mol. The molecule has 2 aromatic rings. The molecule has 0 fully saturated rings. The number of methoxy groups -OCH3 is 1. The number of benzene rings is 1. The molecule has 0 aliphatic heterocycles. The van der Waals surface area contributed by atoms with Gasteiger partial charge in [0.05, 0.1) is 18.4 Å². The van der Waals surface area contributed by atoms with Crippen LogP contribution >= 0.6 is 0 Å². The average molecular weight is 287 g/mol. The van der Waals surface area contributed by atoms with Crippen LogP contribution in [0.1, 0.15) is 34.1 Å². The lowest BCUT2D eigenvalue weighted by Crippen LogP contribution is -2.16. The maximum Gasteiger partial charge on any atom is 0.338 e. The van der Waals surface area contributed by atoms with Crippen molar-refractivity contribution in [3.63, 3.8) is 0 Å². The first-order valence-corrected chi connectivity index (χ1v) is 7.04. The third-order valence-electron chi connectivity index (χ3n) is 3.38. The predicted molar refractivity (Wildman–Crippen MR) is 80.9 cm³/mol. The van der Waals surface area contributed by atoms with Gasteiger partial charge in [-0.15, -0.1) is 0 Å². The van der Waals surface area contributed by atoms with Crippen LogP contribution in [0.4, 0.5) is 0 Å². The fraction of sp³-hybridized carbons (Fsp3) is 0.375. The maximum absolute atomic E-state index is 11.7. The summed E-state index contributed by atoms with van der Waals surface area (Å²) in [5.74, 6) is -0.303. The SMILES string of the molecule is CCc1nn(C)cc1CNCc1ccccc1C(=O)OC. The normalized spacial score (nSPS) is 10.6. The van der Waals surface area contributed by atoms with E-state index in [0.29, 0.717) is 12.1 Å². The summed E-state index contributed by atoms with van der Waals surface area (Å²) in [4.78, 5) is 11.7. The van der Waals surface area contributed by atoms with Crippen LogP contribution in [0.5, 0.6) is 0 Å². The van der Waals surface area contributed by atoms with Crippen molar-refractivity contribution in [2.24, 2.45) is 7.05 Å². The summed E-state index contributed by atoms with van der Waals surface area (Å²) < 4.78 is 6.63. The molecule has 0 saturated carbocycles. The fourth-order valence-electron chi connectivity index (χ4n) is 2.34. The van der Waals surface area contributed by atoms with E-state index in [-0.39, 0.29) is 5.97 Å². The minimum absolute atomic E-state index is 0.303. The molecule has 0 saturated heterocycles. The second-order valence-electron chi connectivity index (χ2n) is 4.88. The minimum atomic E-state index is -0.303. The molecule has 0 bridgehead atoms. The highest BCUT2D eigenvalue weighted by atomic mass is 16.5.